The molecule has 3 heterocycles. The molecule has 1 aliphatic heterocycles. The molecule has 3 rings (SSSR count). The number of carbonyl (C=O) groups is 2. The summed E-state index contributed by atoms with van der Waals surface area (Å²) in [6, 6.07) is -0.0531. The number of carbonyl (C=O) groups excluding carboxylic acids is 2. The first-order valence-corrected chi connectivity index (χ1v) is 11.2. The molecular formula is C24H28F4N4O3. The molecule has 1 amide bonds. The van der Waals surface area contributed by atoms with Crippen molar-refractivity contribution in [3.8, 4) is 11.3 Å². The monoisotopic (exact) mass is 496 g/mol. The van der Waals surface area contributed by atoms with Gasteiger partial charge in [-0.2, -0.15) is 13.2 Å². The third-order valence-corrected chi connectivity index (χ3v) is 5.78. The number of pyridine rings is 1. The number of aryl methyl sites for hydroxylation is 2. The molecule has 0 aromatic carbocycles. The van der Waals surface area contributed by atoms with E-state index >= 15 is 0 Å². The van der Waals surface area contributed by atoms with Crippen LogP contribution in [0.25, 0.3) is 11.3 Å². The second-order valence-electron chi connectivity index (χ2n) is 9.65. The van der Waals surface area contributed by atoms with Crippen LogP contribution in [0.5, 0.6) is 0 Å². The first-order chi connectivity index (χ1) is 16.2. The van der Waals surface area contributed by atoms with E-state index in [0.29, 0.717) is 11.3 Å². The van der Waals surface area contributed by atoms with Crippen molar-refractivity contribution in [2.45, 2.75) is 83.9 Å². The van der Waals surface area contributed by atoms with Gasteiger partial charge in [0.15, 0.2) is 5.78 Å². The minimum atomic E-state index is -4.64. The molecule has 0 radical (unpaired) electrons. The third kappa shape index (κ3) is 6.32. The van der Waals surface area contributed by atoms with Gasteiger partial charge in [-0.3, -0.25) is 14.7 Å². The van der Waals surface area contributed by atoms with Crippen molar-refractivity contribution in [3.63, 3.8) is 0 Å². The van der Waals surface area contributed by atoms with Crippen LogP contribution >= 0.6 is 0 Å². The maximum absolute atomic E-state index is 14.4. The van der Waals surface area contributed by atoms with Gasteiger partial charge in [0.25, 0.3) is 0 Å². The lowest BCUT2D eigenvalue weighted by Crippen LogP contribution is -2.47. The Bertz CT molecular complexity index is 1080. The van der Waals surface area contributed by atoms with Crippen molar-refractivity contribution in [2.75, 3.05) is 0 Å². The molecule has 3 atom stereocenters. The number of amides is 1. The standard InChI is InChI=1S/C24H28F4N4O3/c1-13-10-29-18(16-11-30-21(31-12-16)24(26,27)28)8-15(13)6-7-20(33)19-9-17(25)14(2)32(19)22(34)35-23(3,4)5/h8,10-12,14,17,19H,6-7,9H2,1-5H3/t14-,17+,19-/m0/s1. The zero-order valence-electron chi connectivity index (χ0n) is 20.2. The molecule has 1 aliphatic rings. The molecule has 2 aromatic rings. The van der Waals surface area contributed by atoms with Crippen molar-refractivity contribution in [1.82, 2.24) is 19.9 Å². The third-order valence-electron chi connectivity index (χ3n) is 5.78. The highest BCUT2D eigenvalue weighted by Crippen LogP contribution is 2.31. The van der Waals surface area contributed by atoms with E-state index in [9.17, 15) is 27.2 Å². The second kappa shape index (κ2) is 9.87. The van der Waals surface area contributed by atoms with Gasteiger partial charge in [-0.1, -0.05) is 0 Å². The van der Waals surface area contributed by atoms with Crippen molar-refractivity contribution in [1.29, 1.82) is 0 Å². The Kier molecular flexibility index (Phi) is 7.47. The number of ether oxygens (including phenoxy) is 1. The number of hydrogen-bond acceptors (Lipinski definition) is 6. The molecule has 0 bridgehead atoms. The highest BCUT2D eigenvalue weighted by Gasteiger charge is 2.46. The minimum absolute atomic E-state index is 0.0389. The molecule has 7 nitrogen and oxygen atoms in total. The zero-order chi connectivity index (χ0) is 26.1. The lowest BCUT2D eigenvalue weighted by atomic mass is 9.98. The fraction of sp³-hybridized carbons (Fsp3) is 0.542. The number of rotatable bonds is 5. The highest BCUT2D eigenvalue weighted by molar-refractivity contribution is 5.88. The molecule has 1 saturated heterocycles. The largest absolute Gasteiger partial charge is 0.451 e. The maximum Gasteiger partial charge on any atom is 0.451 e. The van der Waals surface area contributed by atoms with Crippen LogP contribution in [-0.2, 0) is 22.1 Å². The molecule has 0 saturated carbocycles. The second-order valence-corrected chi connectivity index (χ2v) is 9.65. The normalized spacial score (nSPS) is 20.7. The van der Waals surface area contributed by atoms with Crippen LogP contribution < -0.4 is 0 Å². The number of nitrogens with zero attached hydrogens (tertiary/aromatic N) is 4. The van der Waals surface area contributed by atoms with Gasteiger partial charge >= 0.3 is 12.3 Å². The number of Topliss-reactive ketones (excluding diaryl/α,β-unsaturated/α-hetero) is 1. The number of likely N-dealkylation sites (tertiary alicyclic amines) is 1. The first kappa shape index (κ1) is 26.5. The van der Waals surface area contributed by atoms with Crippen molar-refractivity contribution >= 4 is 11.9 Å². The molecule has 2 aromatic heterocycles. The van der Waals surface area contributed by atoms with Crippen LogP contribution in [0, 0.1) is 6.92 Å². The Morgan fingerprint density at radius 3 is 2.31 bits per heavy atom. The van der Waals surface area contributed by atoms with Gasteiger partial charge in [0, 0.05) is 37.0 Å². The minimum Gasteiger partial charge on any atom is -0.444 e. The predicted octanol–water partition coefficient (Wildman–Crippen LogP) is 5.10. The van der Waals surface area contributed by atoms with E-state index in [1.807, 2.05) is 0 Å². The summed E-state index contributed by atoms with van der Waals surface area (Å²) in [5.41, 5.74) is 1.40. The van der Waals surface area contributed by atoms with Crippen molar-refractivity contribution < 1.29 is 31.9 Å². The number of hydrogen-bond donors (Lipinski definition) is 0. The summed E-state index contributed by atoms with van der Waals surface area (Å²) in [6.07, 6.45) is -2.85. The Morgan fingerprint density at radius 1 is 1.11 bits per heavy atom. The van der Waals surface area contributed by atoms with Gasteiger partial charge in [-0.15, -0.1) is 0 Å². The zero-order valence-corrected chi connectivity index (χ0v) is 20.2. The molecular weight excluding hydrogens is 468 g/mol. The van der Waals surface area contributed by atoms with Crippen molar-refractivity contribution in [2.24, 2.45) is 0 Å². The maximum atomic E-state index is 14.4. The Labute approximate surface area is 200 Å². The van der Waals surface area contributed by atoms with Gasteiger partial charge in [-0.05, 0) is 58.2 Å². The quantitative estimate of drug-likeness (QED) is 0.536. The van der Waals surface area contributed by atoms with Gasteiger partial charge in [0.1, 0.15) is 11.8 Å². The summed E-state index contributed by atoms with van der Waals surface area (Å²) in [7, 11) is 0. The number of aromatic nitrogens is 3. The fourth-order valence-electron chi connectivity index (χ4n) is 3.90. The van der Waals surface area contributed by atoms with Gasteiger partial charge in [-0.25, -0.2) is 19.2 Å². The summed E-state index contributed by atoms with van der Waals surface area (Å²) in [4.78, 5) is 37.8. The van der Waals surface area contributed by atoms with Crippen LogP contribution in [0.15, 0.2) is 24.7 Å². The summed E-state index contributed by atoms with van der Waals surface area (Å²) in [5, 5.41) is 0. The van der Waals surface area contributed by atoms with Crippen molar-refractivity contribution in [3.05, 3.63) is 41.6 Å². The Hall–Kier alpha value is -3.11. The average Bonchev–Trinajstić information content (AvgIpc) is 3.06. The van der Waals surface area contributed by atoms with Gasteiger partial charge < -0.3 is 4.74 Å². The molecule has 0 N–H and O–H groups in total. The summed E-state index contributed by atoms with van der Waals surface area (Å²) < 4.78 is 58.0. The van der Waals surface area contributed by atoms with E-state index in [-0.39, 0.29) is 25.0 Å². The van der Waals surface area contributed by atoms with E-state index < -0.39 is 42.0 Å². The molecule has 35 heavy (non-hydrogen) atoms. The molecule has 0 spiro atoms. The lowest BCUT2D eigenvalue weighted by Gasteiger charge is -2.30. The van der Waals surface area contributed by atoms with Gasteiger partial charge in [0.05, 0.1) is 17.8 Å². The summed E-state index contributed by atoms with van der Waals surface area (Å²) in [5.74, 6) is -1.54. The smallest absolute Gasteiger partial charge is 0.444 e. The fourth-order valence-corrected chi connectivity index (χ4v) is 3.90. The SMILES string of the molecule is Cc1cnc(-c2cnc(C(F)(F)F)nc2)cc1CCC(=O)[C@@H]1C[C@@H](F)[C@H](C)N1C(=O)OC(C)(C)C. The molecule has 11 heteroatoms. The van der Waals surface area contributed by atoms with E-state index in [1.165, 1.54) is 4.90 Å². The number of alkyl halides is 4. The van der Waals surface area contributed by atoms with Crippen LogP contribution in [0.2, 0.25) is 0 Å². The van der Waals surface area contributed by atoms with E-state index in [4.69, 9.17) is 4.74 Å². The van der Waals surface area contributed by atoms with Crippen LogP contribution in [-0.4, -0.2) is 55.6 Å². The Balaban J connectivity index is 1.74. The highest BCUT2D eigenvalue weighted by atomic mass is 19.4. The van der Waals surface area contributed by atoms with E-state index in [0.717, 1.165) is 23.5 Å². The van der Waals surface area contributed by atoms with Gasteiger partial charge in [0.2, 0.25) is 5.82 Å². The number of halogens is 4. The van der Waals surface area contributed by atoms with Crippen LogP contribution in [0.1, 0.15) is 57.5 Å². The predicted molar refractivity (Wildman–Crippen MR) is 119 cm³/mol. The average molecular weight is 497 g/mol. The lowest BCUT2D eigenvalue weighted by molar-refractivity contribution is -0.145. The van der Waals surface area contributed by atoms with Crippen LogP contribution in [0.3, 0.4) is 0 Å². The molecule has 190 valence electrons. The Morgan fingerprint density at radius 2 is 1.74 bits per heavy atom. The van der Waals surface area contributed by atoms with E-state index in [2.05, 4.69) is 15.0 Å². The summed E-state index contributed by atoms with van der Waals surface area (Å²) in [6.45, 7) is 8.43. The molecule has 0 aliphatic carbocycles. The molecule has 1 fully saturated rings. The number of ketones is 1. The topological polar surface area (TPSA) is 85.3 Å². The molecule has 0 unspecified atom stereocenters. The van der Waals surface area contributed by atoms with E-state index in [1.54, 1.807) is 46.9 Å². The van der Waals surface area contributed by atoms with Crippen LogP contribution in [0.4, 0.5) is 22.4 Å². The summed E-state index contributed by atoms with van der Waals surface area (Å²) >= 11 is 0. The first-order valence-electron chi connectivity index (χ1n) is 11.2.